The van der Waals surface area contributed by atoms with Crippen LogP contribution < -0.4 is 9.04 Å². The molecule has 2 heterocycles. The highest BCUT2D eigenvalue weighted by atomic mass is 32.2. The molecule has 0 saturated heterocycles. The summed E-state index contributed by atoms with van der Waals surface area (Å²) in [5.41, 5.74) is 0.726. The van der Waals surface area contributed by atoms with Gasteiger partial charge in [0.25, 0.3) is 0 Å². The third-order valence-electron chi connectivity index (χ3n) is 3.41. The van der Waals surface area contributed by atoms with E-state index in [0.29, 0.717) is 5.56 Å². The summed E-state index contributed by atoms with van der Waals surface area (Å²) < 4.78 is 31.9. The van der Waals surface area contributed by atoms with E-state index in [-0.39, 0.29) is 36.0 Å². The molecule has 1 aliphatic rings. The number of carbonyl (C=O) groups is 1. The smallest absolute Gasteiger partial charge is 0.337 e. The highest BCUT2D eigenvalue weighted by molar-refractivity contribution is 7.92. The fraction of sp³-hybridized carbons (Fsp3) is 0.200. The summed E-state index contributed by atoms with van der Waals surface area (Å²) >= 11 is 0. The number of hydrogen-bond donors (Lipinski definition) is 1. The molecule has 7 nitrogen and oxygen atoms in total. The predicted molar refractivity (Wildman–Crippen MR) is 83.1 cm³/mol. The van der Waals surface area contributed by atoms with Crippen LogP contribution >= 0.6 is 0 Å². The number of nitrogens with zero attached hydrogens (tertiary/aromatic N) is 2. The van der Waals surface area contributed by atoms with Crippen molar-refractivity contribution in [2.75, 3.05) is 17.5 Å². The summed E-state index contributed by atoms with van der Waals surface area (Å²) in [6.07, 6.45) is 1.15. The Kier molecular flexibility index (Phi) is 3.91. The van der Waals surface area contributed by atoms with Gasteiger partial charge in [-0.3, -0.25) is 4.31 Å². The van der Waals surface area contributed by atoms with E-state index in [1.54, 1.807) is 24.3 Å². The van der Waals surface area contributed by atoms with E-state index in [1.807, 2.05) is 6.07 Å². The number of rotatable bonds is 4. The zero-order chi connectivity index (χ0) is 16.4. The van der Waals surface area contributed by atoms with Gasteiger partial charge < -0.3 is 9.84 Å². The molecule has 0 aliphatic carbocycles. The maximum Gasteiger partial charge on any atom is 0.337 e. The Labute approximate surface area is 133 Å². The van der Waals surface area contributed by atoms with Gasteiger partial charge >= 0.3 is 5.97 Å². The third-order valence-corrected chi connectivity index (χ3v) is 5.16. The summed E-state index contributed by atoms with van der Waals surface area (Å²) in [6, 6.07) is 10.1. The highest BCUT2D eigenvalue weighted by Crippen LogP contribution is 2.33. The zero-order valence-electron chi connectivity index (χ0n) is 12.0. The second-order valence-electron chi connectivity index (χ2n) is 5.02. The van der Waals surface area contributed by atoms with Gasteiger partial charge in [0.05, 0.1) is 17.9 Å². The van der Waals surface area contributed by atoms with Crippen molar-refractivity contribution < 1.29 is 23.1 Å². The fourth-order valence-electron chi connectivity index (χ4n) is 2.34. The number of benzene rings is 1. The van der Waals surface area contributed by atoms with E-state index in [4.69, 9.17) is 9.84 Å². The number of sulfonamides is 1. The largest absolute Gasteiger partial charge is 0.478 e. The van der Waals surface area contributed by atoms with Crippen molar-refractivity contribution in [1.82, 2.24) is 4.98 Å². The first-order valence-corrected chi connectivity index (χ1v) is 8.49. The minimum atomic E-state index is -3.67. The van der Waals surface area contributed by atoms with Gasteiger partial charge in [0.2, 0.25) is 15.9 Å². The van der Waals surface area contributed by atoms with Crippen LogP contribution in [0, 0.1) is 0 Å². The summed E-state index contributed by atoms with van der Waals surface area (Å²) in [7, 11) is -3.67. The van der Waals surface area contributed by atoms with Crippen LogP contribution in [-0.2, 0) is 15.8 Å². The number of aromatic nitrogens is 1. The second-order valence-corrected chi connectivity index (χ2v) is 6.91. The van der Waals surface area contributed by atoms with Gasteiger partial charge in [0.1, 0.15) is 12.3 Å². The molecular formula is C15H14N2O5S. The molecule has 0 radical (unpaired) electrons. The van der Waals surface area contributed by atoms with Gasteiger partial charge in [-0.1, -0.05) is 30.3 Å². The maximum atomic E-state index is 12.7. The quantitative estimate of drug-likeness (QED) is 0.910. The van der Waals surface area contributed by atoms with Crippen molar-refractivity contribution in [3.63, 3.8) is 0 Å². The van der Waals surface area contributed by atoms with E-state index in [9.17, 15) is 13.2 Å². The minimum Gasteiger partial charge on any atom is -0.478 e. The third kappa shape index (κ3) is 3.11. The molecule has 1 aromatic heterocycles. The predicted octanol–water partition coefficient (Wildman–Crippen LogP) is 1.51. The molecule has 23 heavy (non-hydrogen) atoms. The normalized spacial score (nSPS) is 14.0. The lowest BCUT2D eigenvalue weighted by atomic mass is 10.2. The fourth-order valence-corrected chi connectivity index (χ4v) is 3.90. The number of ether oxygens (including phenoxy) is 1. The molecule has 0 atom stereocenters. The molecule has 0 unspecified atom stereocenters. The number of carboxylic acid groups (broad SMARTS) is 1. The van der Waals surface area contributed by atoms with Gasteiger partial charge in [-0.15, -0.1) is 0 Å². The summed E-state index contributed by atoms with van der Waals surface area (Å²) in [5, 5.41) is 9.06. The van der Waals surface area contributed by atoms with Crippen molar-refractivity contribution in [1.29, 1.82) is 0 Å². The van der Waals surface area contributed by atoms with Crippen molar-refractivity contribution in [3.8, 4) is 5.88 Å². The average molecular weight is 334 g/mol. The van der Waals surface area contributed by atoms with Gasteiger partial charge in [0.15, 0.2) is 0 Å². The summed E-state index contributed by atoms with van der Waals surface area (Å²) in [6.45, 7) is 0.285. The number of pyridine rings is 1. The lowest BCUT2D eigenvalue weighted by Crippen LogP contribution is -2.39. The molecule has 0 fully saturated rings. The molecule has 0 saturated carbocycles. The summed E-state index contributed by atoms with van der Waals surface area (Å²) in [5.74, 6) is -1.23. The van der Waals surface area contributed by atoms with Crippen molar-refractivity contribution in [2.45, 2.75) is 5.75 Å². The molecule has 0 bridgehead atoms. The van der Waals surface area contributed by atoms with Crippen molar-refractivity contribution in [3.05, 3.63) is 53.7 Å². The molecule has 120 valence electrons. The first-order chi connectivity index (χ1) is 11.0. The molecule has 1 N–H and O–H groups in total. The Morgan fingerprint density at radius 2 is 2.04 bits per heavy atom. The van der Waals surface area contributed by atoms with Crippen LogP contribution in [0.25, 0.3) is 0 Å². The minimum absolute atomic E-state index is 0.0887. The van der Waals surface area contributed by atoms with Gasteiger partial charge in [0, 0.05) is 6.20 Å². The van der Waals surface area contributed by atoms with E-state index in [0.717, 1.165) is 10.5 Å². The highest BCUT2D eigenvalue weighted by Gasteiger charge is 2.30. The molecule has 8 heteroatoms. The standard InChI is InChI=1S/C15H14N2O5S/c18-15(19)12-8-13-14(16-9-12)22-7-6-17(13)23(20,21)10-11-4-2-1-3-5-11/h1-5,8-9H,6-7,10H2,(H,18,19). The van der Waals surface area contributed by atoms with Gasteiger partial charge in [-0.05, 0) is 11.6 Å². The topological polar surface area (TPSA) is 96.8 Å². The molecule has 1 aromatic carbocycles. The number of anilines is 1. The van der Waals surface area contributed by atoms with Crippen molar-refractivity contribution in [2.24, 2.45) is 0 Å². The van der Waals surface area contributed by atoms with E-state index in [1.165, 1.54) is 6.07 Å². The maximum absolute atomic E-state index is 12.7. The van der Waals surface area contributed by atoms with Crippen LogP contribution in [0.15, 0.2) is 42.6 Å². The molecular weight excluding hydrogens is 320 g/mol. The van der Waals surface area contributed by atoms with E-state index >= 15 is 0 Å². The van der Waals surface area contributed by atoms with Crippen LogP contribution in [0.4, 0.5) is 5.69 Å². The van der Waals surface area contributed by atoms with Crippen LogP contribution in [0.2, 0.25) is 0 Å². The van der Waals surface area contributed by atoms with E-state index < -0.39 is 16.0 Å². The molecule has 0 spiro atoms. The number of fused-ring (bicyclic) bond motifs is 1. The van der Waals surface area contributed by atoms with Crippen LogP contribution in [0.1, 0.15) is 15.9 Å². The lowest BCUT2D eigenvalue weighted by Gasteiger charge is -2.29. The Morgan fingerprint density at radius 1 is 1.30 bits per heavy atom. The Bertz CT molecular complexity index is 836. The van der Waals surface area contributed by atoms with Crippen LogP contribution in [-0.4, -0.2) is 37.6 Å². The zero-order valence-corrected chi connectivity index (χ0v) is 12.9. The molecule has 3 rings (SSSR count). The number of carboxylic acids is 1. The molecule has 0 amide bonds. The molecule has 2 aromatic rings. The first kappa shape index (κ1) is 15.3. The van der Waals surface area contributed by atoms with Gasteiger partial charge in [-0.2, -0.15) is 0 Å². The van der Waals surface area contributed by atoms with E-state index in [2.05, 4.69) is 4.98 Å². The summed E-state index contributed by atoms with van der Waals surface area (Å²) in [4.78, 5) is 15.0. The second kappa shape index (κ2) is 5.88. The number of aromatic carboxylic acids is 1. The average Bonchev–Trinajstić information content (AvgIpc) is 2.54. The van der Waals surface area contributed by atoms with Crippen LogP contribution in [0.5, 0.6) is 5.88 Å². The monoisotopic (exact) mass is 334 g/mol. The Morgan fingerprint density at radius 3 is 2.74 bits per heavy atom. The Balaban J connectivity index is 1.98. The van der Waals surface area contributed by atoms with Crippen LogP contribution in [0.3, 0.4) is 0 Å². The lowest BCUT2D eigenvalue weighted by molar-refractivity contribution is 0.0696. The Hall–Kier alpha value is -2.61. The van der Waals surface area contributed by atoms with Gasteiger partial charge in [-0.25, -0.2) is 18.2 Å². The first-order valence-electron chi connectivity index (χ1n) is 6.88. The SMILES string of the molecule is O=C(O)c1cnc2c(c1)N(S(=O)(=O)Cc1ccccc1)CCO2. The van der Waals surface area contributed by atoms with Crippen molar-refractivity contribution >= 4 is 21.7 Å². The molecule has 1 aliphatic heterocycles. The number of hydrogen-bond acceptors (Lipinski definition) is 5.